The van der Waals surface area contributed by atoms with E-state index in [1.165, 1.54) is 0 Å². The van der Waals surface area contributed by atoms with Crippen LogP contribution in [0.1, 0.15) is 28.2 Å². The standard InChI is InChI=1S/C13H13BrN4O2/c1-7-8(5-9(14)12(19)16-7)13(20)18-4-2-3-10-11(18)6-15-17-10/h5-6H,2-4H2,1H3,(H,15,17)(H,16,19). The van der Waals surface area contributed by atoms with Gasteiger partial charge in [0.05, 0.1) is 27.6 Å². The summed E-state index contributed by atoms with van der Waals surface area (Å²) in [7, 11) is 0. The van der Waals surface area contributed by atoms with Gasteiger partial charge in [-0.05, 0) is 41.8 Å². The fourth-order valence-electron chi connectivity index (χ4n) is 2.43. The molecule has 3 heterocycles. The van der Waals surface area contributed by atoms with E-state index in [0.29, 0.717) is 22.3 Å². The van der Waals surface area contributed by atoms with E-state index in [-0.39, 0.29) is 11.5 Å². The molecule has 1 aliphatic heterocycles. The molecule has 0 bridgehead atoms. The highest BCUT2D eigenvalue weighted by Crippen LogP contribution is 2.26. The maximum absolute atomic E-state index is 12.7. The van der Waals surface area contributed by atoms with Crippen LogP contribution in [0.15, 0.2) is 21.5 Å². The first-order valence-electron chi connectivity index (χ1n) is 6.31. The monoisotopic (exact) mass is 336 g/mol. The molecule has 0 radical (unpaired) electrons. The van der Waals surface area contributed by atoms with E-state index in [4.69, 9.17) is 0 Å². The average Bonchev–Trinajstić information content (AvgIpc) is 2.90. The number of H-pyrrole nitrogens is 2. The summed E-state index contributed by atoms with van der Waals surface area (Å²) >= 11 is 3.16. The molecule has 0 saturated carbocycles. The van der Waals surface area contributed by atoms with Gasteiger partial charge in [0.1, 0.15) is 0 Å². The van der Waals surface area contributed by atoms with Crippen molar-refractivity contribution in [3.05, 3.63) is 44.0 Å². The molecule has 2 aromatic heterocycles. The Morgan fingerprint density at radius 2 is 2.30 bits per heavy atom. The number of aryl methyl sites for hydroxylation is 2. The highest BCUT2D eigenvalue weighted by Gasteiger charge is 2.26. The number of carbonyl (C=O) groups excluding carboxylic acids is 1. The number of rotatable bonds is 1. The summed E-state index contributed by atoms with van der Waals surface area (Å²) in [5.41, 5.74) is 2.62. The maximum Gasteiger partial charge on any atom is 0.262 e. The SMILES string of the molecule is Cc1[nH]c(=O)c(Br)cc1C(=O)N1CCCc2[nH]ncc21. The Labute approximate surface area is 123 Å². The van der Waals surface area contributed by atoms with Gasteiger partial charge in [0.15, 0.2) is 0 Å². The average molecular weight is 337 g/mol. The molecule has 0 unspecified atom stereocenters. The van der Waals surface area contributed by atoms with Gasteiger partial charge < -0.3 is 9.88 Å². The van der Waals surface area contributed by atoms with Crippen molar-refractivity contribution in [3.8, 4) is 0 Å². The summed E-state index contributed by atoms with van der Waals surface area (Å²) in [6.45, 7) is 2.38. The highest BCUT2D eigenvalue weighted by atomic mass is 79.9. The van der Waals surface area contributed by atoms with Crippen LogP contribution in [-0.4, -0.2) is 27.6 Å². The molecular formula is C13H13BrN4O2. The first-order valence-corrected chi connectivity index (χ1v) is 7.11. The lowest BCUT2D eigenvalue weighted by Gasteiger charge is -2.26. The zero-order valence-corrected chi connectivity index (χ0v) is 12.5. The van der Waals surface area contributed by atoms with Gasteiger partial charge in [-0.1, -0.05) is 0 Å². The van der Waals surface area contributed by atoms with Crippen molar-refractivity contribution in [2.24, 2.45) is 0 Å². The molecule has 0 spiro atoms. The van der Waals surface area contributed by atoms with Gasteiger partial charge in [-0.25, -0.2) is 0 Å². The van der Waals surface area contributed by atoms with Gasteiger partial charge >= 0.3 is 0 Å². The van der Waals surface area contributed by atoms with Crippen molar-refractivity contribution in [1.82, 2.24) is 15.2 Å². The second kappa shape index (κ2) is 4.90. The van der Waals surface area contributed by atoms with Crippen molar-refractivity contribution in [1.29, 1.82) is 0 Å². The molecule has 1 aliphatic rings. The van der Waals surface area contributed by atoms with Crippen LogP contribution in [0.2, 0.25) is 0 Å². The molecule has 0 aromatic carbocycles. The minimum absolute atomic E-state index is 0.123. The predicted octanol–water partition coefficient (Wildman–Crippen LogP) is 1.76. The maximum atomic E-state index is 12.7. The van der Waals surface area contributed by atoms with Crippen LogP contribution in [0, 0.1) is 6.92 Å². The third-order valence-corrected chi connectivity index (χ3v) is 4.05. The topological polar surface area (TPSA) is 81.9 Å². The number of nitrogens with one attached hydrogen (secondary N) is 2. The zero-order chi connectivity index (χ0) is 14.3. The summed E-state index contributed by atoms with van der Waals surface area (Å²) in [5, 5.41) is 6.92. The first kappa shape index (κ1) is 13.1. The smallest absolute Gasteiger partial charge is 0.262 e. The molecule has 0 atom stereocenters. The lowest BCUT2D eigenvalue weighted by molar-refractivity contribution is 0.0984. The number of hydrogen-bond donors (Lipinski definition) is 2. The van der Waals surface area contributed by atoms with Crippen molar-refractivity contribution in [2.75, 3.05) is 11.4 Å². The van der Waals surface area contributed by atoms with Gasteiger partial charge in [-0.15, -0.1) is 0 Å². The molecular weight excluding hydrogens is 324 g/mol. The Hall–Kier alpha value is -1.89. The molecule has 6 nitrogen and oxygen atoms in total. The normalized spacial score (nSPS) is 14.2. The lowest BCUT2D eigenvalue weighted by atomic mass is 10.1. The van der Waals surface area contributed by atoms with Crippen LogP contribution in [0.25, 0.3) is 0 Å². The Morgan fingerprint density at radius 1 is 1.50 bits per heavy atom. The van der Waals surface area contributed by atoms with Gasteiger partial charge in [0, 0.05) is 12.2 Å². The minimum atomic E-state index is -0.235. The van der Waals surface area contributed by atoms with Crippen molar-refractivity contribution in [2.45, 2.75) is 19.8 Å². The van der Waals surface area contributed by atoms with E-state index in [9.17, 15) is 9.59 Å². The van der Waals surface area contributed by atoms with Crippen LogP contribution >= 0.6 is 15.9 Å². The van der Waals surface area contributed by atoms with Crippen LogP contribution in [0.5, 0.6) is 0 Å². The molecule has 2 aromatic rings. The fraction of sp³-hybridized carbons (Fsp3) is 0.308. The van der Waals surface area contributed by atoms with E-state index in [2.05, 4.69) is 31.1 Å². The van der Waals surface area contributed by atoms with Crippen molar-refractivity contribution in [3.63, 3.8) is 0 Å². The first-order chi connectivity index (χ1) is 9.58. The highest BCUT2D eigenvalue weighted by molar-refractivity contribution is 9.10. The Morgan fingerprint density at radius 3 is 3.10 bits per heavy atom. The Kier molecular flexibility index (Phi) is 3.21. The van der Waals surface area contributed by atoms with Gasteiger partial charge in [-0.3, -0.25) is 14.7 Å². The quantitative estimate of drug-likeness (QED) is 0.832. The number of nitrogens with zero attached hydrogens (tertiary/aromatic N) is 2. The van der Waals surface area contributed by atoms with E-state index < -0.39 is 0 Å². The summed E-state index contributed by atoms with van der Waals surface area (Å²) in [4.78, 5) is 28.6. The van der Waals surface area contributed by atoms with E-state index in [1.807, 2.05) is 0 Å². The van der Waals surface area contributed by atoms with Gasteiger partial charge in [-0.2, -0.15) is 5.10 Å². The van der Waals surface area contributed by atoms with E-state index >= 15 is 0 Å². The van der Waals surface area contributed by atoms with E-state index in [1.54, 1.807) is 24.1 Å². The minimum Gasteiger partial charge on any atom is -0.325 e. The number of halogens is 1. The molecule has 1 amide bonds. The summed E-state index contributed by atoms with van der Waals surface area (Å²) in [6.07, 6.45) is 3.46. The molecule has 0 saturated heterocycles. The molecule has 7 heteroatoms. The number of fused-ring (bicyclic) bond motifs is 1. The van der Waals surface area contributed by atoms with Crippen LogP contribution in [0.4, 0.5) is 5.69 Å². The van der Waals surface area contributed by atoms with Gasteiger partial charge in [0.2, 0.25) is 0 Å². The number of amides is 1. The molecule has 20 heavy (non-hydrogen) atoms. The number of hydrogen-bond acceptors (Lipinski definition) is 3. The van der Waals surface area contributed by atoms with Crippen molar-refractivity contribution >= 4 is 27.5 Å². The van der Waals surface area contributed by atoms with Crippen LogP contribution in [-0.2, 0) is 6.42 Å². The lowest BCUT2D eigenvalue weighted by Crippen LogP contribution is -2.36. The number of anilines is 1. The number of pyridine rings is 1. The largest absolute Gasteiger partial charge is 0.325 e. The third kappa shape index (κ3) is 2.07. The second-order valence-electron chi connectivity index (χ2n) is 4.78. The van der Waals surface area contributed by atoms with E-state index in [0.717, 1.165) is 24.2 Å². The Bertz CT molecular complexity index is 734. The molecule has 0 aliphatic carbocycles. The third-order valence-electron chi connectivity index (χ3n) is 3.46. The number of aromatic nitrogens is 3. The molecule has 0 fully saturated rings. The predicted molar refractivity (Wildman–Crippen MR) is 78.1 cm³/mol. The number of carbonyl (C=O) groups is 1. The molecule has 2 N–H and O–H groups in total. The van der Waals surface area contributed by atoms with Crippen LogP contribution < -0.4 is 10.5 Å². The Balaban J connectivity index is 2.03. The summed E-state index contributed by atoms with van der Waals surface area (Å²) in [5.74, 6) is -0.123. The summed E-state index contributed by atoms with van der Waals surface area (Å²) in [6, 6.07) is 1.57. The zero-order valence-electron chi connectivity index (χ0n) is 10.9. The van der Waals surface area contributed by atoms with Gasteiger partial charge in [0.25, 0.3) is 11.5 Å². The van der Waals surface area contributed by atoms with Crippen molar-refractivity contribution < 1.29 is 4.79 Å². The second-order valence-corrected chi connectivity index (χ2v) is 5.63. The summed E-state index contributed by atoms with van der Waals surface area (Å²) < 4.78 is 0.357. The molecule has 104 valence electrons. The van der Waals surface area contributed by atoms with Crippen LogP contribution in [0.3, 0.4) is 0 Å². The molecule has 3 rings (SSSR count). The fourth-order valence-corrected chi connectivity index (χ4v) is 2.76. The number of aromatic amines is 2.